The van der Waals surface area contributed by atoms with Crippen molar-refractivity contribution in [3.8, 4) is 0 Å². The van der Waals surface area contributed by atoms with E-state index in [0.29, 0.717) is 11.6 Å². The maximum atomic E-state index is 14.2. The second-order valence-electron chi connectivity index (χ2n) is 7.71. The van der Waals surface area contributed by atoms with E-state index in [9.17, 15) is 23.7 Å². The molecule has 6 nitrogen and oxygen atoms in total. The van der Waals surface area contributed by atoms with E-state index in [4.69, 9.17) is 0 Å². The third-order valence-corrected chi connectivity index (χ3v) is 5.65. The smallest absolute Gasteiger partial charge is 0.313 e. The summed E-state index contributed by atoms with van der Waals surface area (Å²) in [5.41, 5.74) is 2.72. The molecule has 0 spiro atoms. The molecular weight excluding hydrogens is 416 g/mol. The first-order valence-corrected chi connectivity index (χ1v) is 10.3. The molecule has 0 bridgehead atoms. The molecular formula is C24H21F2N3O3. The molecule has 2 amide bonds. The quantitative estimate of drug-likeness (QED) is 0.394. The van der Waals surface area contributed by atoms with Crippen LogP contribution in [0.5, 0.6) is 0 Å². The number of anilines is 1. The minimum atomic E-state index is -0.863. The van der Waals surface area contributed by atoms with Gasteiger partial charge in [-0.3, -0.25) is 10.1 Å². The van der Waals surface area contributed by atoms with Crippen LogP contribution in [0.4, 0.5) is 25.0 Å². The minimum Gasteiger partial charge on any atom is -0.313 e. The van der Waals surface area contributed by atoms with Gasteiger partial charge in [0.05, 0.1) is 16.7 Å². The fourth-order valence-electron chi connectivity index (χ4n) is 4.07. The second-order valence-corrected chi connectivity index (χ2v) is 7.71. The Morgan fingerprint density at radius 1 is 1.09 bits per heavy atom. The molecule has 164 valence electrons. The zero-order valence-corrected chi connectivity index (χ0v) is 17.1. The number of nitrogens with zero attached hydrogens (tertiary/aromatic N) is 2. The van der Waals surface area contributed by atoms with Gasteiger partial charge < -0.3 is 10.2 Å². The Bertz CT molecular complexity index is 1150. The highest BCUT2D eigenvalue weighted by molar-refractivity contribution is 5.89. The lowest BCUT2D eigenvalue weighted by atomic mass is 9.86. The van der Waals surface area contributed by atoms with E-state index in [1.807, 2.05) is 24.3 Å². The molecule has 3 aromatic rings. The maximum Gasteiger partial charge on any atom is 0.322 e. The summed E-state index contributed by atoms with van der Waals surface area (Å²) in [6.45, 7) is 0.172. The number of fused-ring (bicyclic) bond motifs is 1. The van der Waals surface area contributed by atoms with Gasteiger partial charge in [0.15, 0.2) is 0 Å². The van der Waals surface area contributed by atoms with Gasteiger partial charge in [0.2, 0.25) is 0 Å². The van der Waals surface area contributed by atoms with Crippen LogP contribution in [0.3, 0.4) is 0 Å². The third-order valence-electron chi connectivity index (χ3n) is 5.65. The number of halogens is 2. The Kier molecular flexibility index (Phi) is 6.11. The highest BCUT2D eigenvalue weighted by Crippen LogP contribution is 2.35. The number of urea groups is 1. The van der Waals surface area contributed by atoms with Gasteiger partial charge in [0, 0.05) is 24.7 Å². The van der Waals surface area contributed by atoms with Crippen LogP contribution in [0.25, 0.3) is 0 Å². The number of non-ortho nitro benzene ring substituents is 1. The second kappa shape index (κ2) is 9.13. The molecule has 0 fully saturated rings. The minimum absolute atomic E-state index is 0.0406. The van der Waals surface area contributed by atoms with Gasteiger partial charge in [-0.1, -0.05) is 36.4 Å². The molecule has 0 radical (unpaired) electrons. The summed E-state index contributed by atoms with van der Waals surface area (Å²) in [7, 11) is 0. The molecule has 1 aliphatic carbocycles. The van der Waals surface area contributed by atoms with Crippen LogP contribution in [0.15, 0.2) is 66.7 Å². The molecule has 1 aliphatic rings. The Labute approximate surface area is 183 Å². The zero-order chi connectivity index (χ0) is 22.7. The van der Waals surface area contributed by atoms with Crippen molar-refractivity contribution in [3.05, 3.63) is 105 Å². The average Bonchev–Trinajstić information content (AvgIpc) is 2.79. The van der Waals surface area contributed by atoms with Crippen molar-refractivity contribution in [2.24, 2.45) is 0 Å². The van der Waals surface area contributed by atoms with Crippen LogP contribution >= 0.6 is 0 Å². The van der Waals surface area contributed by atoms with E-state index in [0.717, 1.165) is 36.5 Å². The Balaban J connectivity index is 1.66. The number of carbonyl (C=O) groups excluding carboxylic acids is 1. The Hall–Kier alpha value is -3.81. The summed E-state index contributed by atoms with van der Waals surface area (Å²) >= 11 is 0. The fourth-order valence-corrected chi connectivity index (χ4v) is 4.07. The monoisotopic (exact) mass is 437 g/mol. The molecule has 0 saturated heterocycles. The number of benzene rings is 3. The molecule has 0 heterocycles. The van der Waals surface area contributed by atoms with E-state index in [-0.39, 0.29) is 24.0 Å². The van der Waals surface area contributed by atoms with E-state index >= 15 is 0 Å². The SMILES string of the molecule is O=C(Nc1ccc(F)cc1F)N(Cc1ccc([N+](=O)[O-])cc1)C1CCCc2ccccc21. The number of nitro benzene ring substituents is 1. The summed E-state index contributed by atoms with van der Waals surface area (Å²) in [6, 6.07) is 16.1. The lowest BCUT2D eigenvalue weighted by molar-refractivity contribution is -0.384. The van der Waals surface area contributed by atoms with Crippen LogP contribution in [-0.2, 0) is 13.0 Å². The fraction of sp³-hybridized carbons (Fsp3) is 0.208. The number of amides is 2. The third kappa shape index (κ3) is 4.59. The van der Waals surface area contributed by atoms with Gasteiger partial charge in [0.25, 0.3) is 5.69 Å². The van der Waals surface area contributed by atoms with E-state index < -0.39 is 22.6 Å². The first-order valence-electron chi connectivity index (χ1n) is 10.3. The first-order chi connectivity index (χ1) is 15.4. The van der Waals surface area contributed by atoms with Gasteiger partial charge in [-0.25, -0.2) is 13.6 Å². The normalized spacial score (nSPS) is 15.0. The van der Waals surface area contributed by atoms with Crippen molar-refractivity contribution in [1.29, 1.82) is 0 Å². The number of nitro groups is 1. The Morgan fingerprint density at radius 3 is 2.56 bits per heavy atom. The van der Waals surface area contributed by atoms with Crippen molar-refractivity contribution in [1.82, 2.24) is 4.90 Å². The number of hydrogen-bond acceptors (Lipinski definition) is 3. The van der Waals surface area contributed by atoms with Crippen LogP contribution in [-0.4, -0.2) is 15.9 Å². The topological polar surface area (TPSA) is 75.5 Å². The van der Waals surface area contributed by atoms with Gasteiger partial charge >= 0.3 is 6.03 Å². The van der Waals surface area contributed by atoms with E-state index in [2.05, 4.69) is 5.32 Å². The molecule has 1 N–H and O–H groups in total. The average molecular weight is 437 g/mol. The maximum absolute atomic E-state index is 14.2. The molecule has 0 saturated carbocycles. The molecule has 4 rings (SSSR count). The van der Waals surface area contributed by atoms with Gasteiger partial charge in [0.1, 0.15) is 11.6 Å². The molecule has 1 atom stereocenters. The van der Waals surface area contributed by atoms with Crippen molar-refractivity contribution >= 4 is 17.4 Å². The summed E-state index contributed by atoms with van der Waals surface area (Å²) in [5.74, 6) is -1.60. The standard InChI is InChI=1S/C24H21F2N3O3/c25-18-10-13-22(21(26)14-18)27-24(30)28(15-16-8-11-19(12-9-16)29(31)32)23-7-3-5-17-4-1-2-6-20(17)23/h1-2,4,6,8-14,23H,3,5,7,15H2,(H,27,30). The van der Waals surface area contributed by atoms with Crippen LogP contribution < -0.4 is 5.32 Å². The first kappa shape index (κ1) is 21.4. The van der Waals surface area contributed by atoms with Crippen molar-refractivity contribution in [2.75, 3.05) is 5.32 Å². The zero-order valence-electron chi connectivity index (χ0n) is 17.1. The number of nitrogens with one attached hydrogen (secondary N) is 1. The highest BCUT2D eigenvalue weighted by Gasteiger charge is 2.30. The number of carbonyl (C=O) groups is 1. The van der Waals surface area contributed by atoms with Crippen molar-refractivity contribution < 1.29 is 18.5 Å². The summed E-state index contributed by atoms with van der Waals surface area (Å²) in [5, 5.41) is 13.5. The lowest BCUT2D eigenvalue weighted by Gasteiger charge is -2.36. The lowest BCUT2D eigenvalue weighted by Crippen LogP contribution is -2.39. The summed E-state index contributed by atoms with van der Waals surface area (Å²) in [6.07, 6.45) is 2.52. The molecule has 1 unspecified atom stereocenters. The van der Waals surface area contributed by atoms with Gasteiger partial charge in [-0.2, -0.15) is 0 Å². The molecule has 0 aromatic heterocycles. The molecule has 0 aliphatic heterocycles. The number of aryl methyl sites for hydroxylation is 1. The summed E-state index contributed by atoms with van der Waals surface area (Å²) in [4.78, 5) is 25.4. The van der Waals surface area contributed by atoms with Crippen LogP contribution in [0.1, 0.15) is 35.6 Å². The van der Waals surface area contributed by atoms with Crippen molar-refractivity contribution in [3.63, 3.8) is 0 Å². The van der Waals surface area contributed by atoms with Gasteiger partial charge in [-0.15, -0.1) is 0 Å². The van der Waals surface area contributed by atoms with Crippen molar-refractivity contribution in [2.45, 2.75) is 31.8 Å². The predicted molar refractivity (Wildman–Crippen MR) is 116 cm³/mol. The van der Waals surface area contributed by atoms with E-state index in [1.54, 1.807) is 17.0 Å². The Morgan fingerprint density at radius 2 is 1.84 bits per heavy atom. The molecule has 3 aromatic carbocycles. The summed E-state index contributed by atoms with van der Waals surface area (Å²) < 4.78 is 27.4. The highest BCUT2D eigenvalue weighted by atomic mass is 19.1. The molecule has 8 heteroatoms. The number of rotatable bonds is 5. The number of hydrogen-bond donors (Lipinski definition) is 1. The molecule has 32 heavy (non-hydrogen) atoms. The largest absolute Gasteiger partial charge is 0.322 e. The van der Waals surface area contributed by atoms with Crippen LogP contribution in [0, 0.1) is 21.7 Å². The van der Waals surface area contributed by atoms with Crippen LogP contribution in [0.2, 0.25) is 0 Å². The predicted octanol–water partition coefficient (Wildman–Crippen LogP) is 5.98. The van der Waals surface area contributed by atoms with E-state index in [1.165, 1.54) is 18.2 Å². The van der Waals surface area contributed by atoms with Gasteiger partial charge in [-0.05, 0) is 48.1 Å².